The number of methoxy groups -OCH3 is 3. The topological polar surface area (TPSA) is 71.5 Å². The standard InChI is InChI=1S/C27H29N3O5/c1-28(2)19-8-6-18(7-9-19)26-27(32)29(23-16-22(34-4)14-15-24(23)35-5)17-25(31)30(26)20-10-12-21(33-3)13-11-20/h6-16,26H,17H2,1-5H3. The predicted octanol–water partition coefficient (Wildman–Crippen LogP) is 3.90. The molecule has 0 saturated carbocycles. The van der Waals surface area contributed by atoms with Crippen molar-refractivity contribution in [1.82, 2.24) is 0 Å². The molecule has 8 heteroatoms. The number of hydrogen-bond acceptors (Lipinski definition) is 6. The minimum atomic E-state index is -0.864. The van der Waals surface area contributed by atoms with Crippen LogP contribution < -0.4 is 28.9 Å². The molecule has 0 aromatic heterocycles. The molecule has 1 unspecified atom stereocenters. The van der Waals surface area contributed by atoms with Crippen LogP contribution >= 0.6 is 0 Å². The molecule has 1 heterocycles. The lowest BCUT2D eigenvalue weighted by Crippen LogP contribution is -2.56. The van der Waals surface area contributed by atoms with E-state index in [9.17, 15) is 9.59 Å². The van der Waals surface area contributed by atoms with Crippen molar-refractivity contribution in [2.75, 3.05) is 56.7 Å². The largest absolute Gasteiger partial charge is 0.497 e. The number of anilines is 3. The van der Waals surface area contributed by atoms with Crippen molar-refractivity contribution in [3.8, 4) is 17.2 Å². The lowest BCUT2D eigenvalue weighted by molar-refractivity contribution is -0.128. The highest BCUT2D eigenvalue weighted by molar-refractivity contribution is 6.15. The molecule has 2 amide bonds. The number of carbonyl (C=O) groups excluding carboxylic acids is 2. The first-order valence-electron chi connectivity index (χ1n) is 11.1. The molecule has 1 aliphatic rings. The Balaban J connectivity index is 1.82. The molecule has 1 saturated heterocycles. The molecule has 1 aliphatic heterocycles. The first-order chi connectivity index (χ1) is 16.9. The van der Waals surface area contributed by atoms with Gasteiger partial charge in [0.25, 0.3) is 5.91 Å². The monoisotopic (exact) mass is 475 g/mol. The molecular formula is C27H29N3O5. The van der Waals surface area contributed by atoms with Gasteiger partial charge in [-0.05, 0) is 54.1 Å². The van der Waals surface area contributed by atoms with Gasteiger partial charge in [-0.1, -0.05) is 12.1 Å². The van der Waals surface area contributed by atoms with Gasteiger partial charge in [-0.25, -0.2) is 0 Å². The van der Waals surface area contributed by atoms with Crippen molar-refractivity contribution in [2.45, 2.75) is 6.04 Å². The summed E-state index contributed by atoms with van der Waals surface area (Å²) < 4.78 is 16.1. The number of piperazine rings is 1. The van der Waals surface area contributed by atoms with Crippen molar-refractivity contribution in [3.05, 3.63) is 72.3 Å². The molecule has 1 fully saturated rings. The summed E-state index contributed by atoms with van der Waals surface area (Å²) in [6.45, 7) is -0.138. The van der Waals surface area contributed by atoms with E-state index in [2.05, 4.69) is 0 Å². The third-order valence-electron chi connectivity index (χ3n) is 6.07. The summed E-state index contributed by atoms with van der Waals surface area (Å²) in [5.74, 6) is 1.24. The maximum Gasteiger partial charge on any atom is 0.255 e. The van der Waals surface area contributed by atoms with Crippen molar-refractivity contribution >= 4 is 28.9 Å². The Hall–Kier alpha value is -4.20. The van der Waals surface area contributed by atoms with Crippen LogP contribution in [0, 0.1) is 0 Å². The zero-order chi connectivity index (χ0) is 25.1. The SMILES string of the molecule is COc1ccc(N2C(=O)CN(c3cc(OC)ccc3OC)C(=O)C2c2ccc(N(C)C)cc2)cc1. The van der Waals surface area contributed by atoms with Crippen LogP contribution in [0.4, 0.5) is 17.1 Å². The van der Waals surface area contributed by atoms with Crippen LogP contribution in [0.5, 0.6) is 17.2 Å². The Bertz CT molecular complexity index is 1210. The summed E-state index contributed by atoms with van der Waals surface area (Å²) >= 11 is 0. The molecule has 0 aliphatic carbocycles. The van der Waals surface area contributed by atoms with E-state index in [1.165, 1.54) is 12.0 Å². The smallest absolute Gasteiger partial charge is 0.255 e. The molecule has 0 N–H and O–H groups in total. The summed E-state index contributed by atoms with van der Waals surface area (Å²) in [5.41, 5.74) is 2.79. The van der Waals surface area contributed by atoms with E-state index in [1.807, 2.05) is 43.3 Å². The van der Waals surface area contributed by atoms with E-state index < -0.39 is 6.04 Å². The van der Waals surface area contributed by atoms with E-state index in [4.69, 9.17) is 14.2 Å². The average molecular weight is 476 g/mol. The third kappa shape index (κ3) is 4.59. The maximum absolute atomic E-state index is 14.1. The summed E-state index contributed by atoms with van der Waals surface area (Å²) in [6, 6.07) is 19.1. The van der Waals surface area contributed by atoms with Crippen LogP contribution in [-0.2, 0) is 9.59 Å². The van der Waals surface area contributed by atoms with Crippen LogP contribution in [0.3, 0.4) is 0 Å². The van der Waals surface area contributed by atoms with Gasteiger partial charge in [0.2, 0.25) is 5.91 Å². The highest BCUT2D eigenvalue weighted by Crippen LogP contribution is 2.39. The van der Waals surface area contributed by atoms with Gasteiger partial charge in [0.15, 0.2) is 0 Å². The van der Waals surface area contributed by atoms with Gasteiger partial charge < -0.3 is 19.1 Å². The number of benzene rings is 3. The quantitative estimate of drug-likeness (QED) is 0.516. The molecule has 4 rings (SSSR count). The van der Waals surface area contributed by atoms with E-state index in [0.29, 0.717) is 34.2 Å². The average Bonchev–Trinajstić information content (AvgIpc) is 2.89. The molecule has 0 bridgehead atoms. The Labute approximate surface area is 205 Å². The second kappa shape index (κ2) is 9.97. The van der Waals surface area contributed by atoms with Crippen molar-refractivity contribution in [2.24, 2.45) is 0 Å². The van der Waals surface area contributed by atoms with Crippen molar-refractivity contribution < 1.29 is 23.8 Å². The van der Waals surface area contributed by atoms with Gasteiger partial charge in [-0.15, -0.1) is 0 Å². The molecule has 8 nitrogen and oxygen atoms in total. The molecular weight excluding hydrogens is 446 g/mol. The lowest BCUT2D eigenvalue weighted by Gasteiger charge is -2.41. The van der Waals surface area contributed by atoms with E-state index in [0.717, 1.165) is 5.69 Å². The lowest BCUT2D eigenvalue weighted by atomic mass is 9.98. The molecule has 1 atom stereocenters. The molecule has 0 radical (unpaired) electrons. The normalized spacial score (nSPS) is 15.7. The number of nitrogens with zero attached hydrogens (tertiary/aromatic N) is 3. The predicted molar refractivity (Wildman–Crippen MR) is 136 cm³/mol. The third-order valence-corrected chi connectivity index (χ3v) is 6.07. The van der Waals surface area contributed by atoms with Crippen LogP contribution in [0.1, 0.15) is 11.6 Å². The summed E-state index contributed by atoms with van der Waals surface area (Å²) in [6.07, 6.45) is 0. The van der Waals surface area contributed by atoms with Crippen LogP contribution in [0.25, 0.3) is 0 Å². The minimum Gasteiger partial charge on any atom is -0.497 e. The zero-order valence-corrected chi connectivity index (χ0v) is 20.5. The fourth-order valence-corrected chi connectivity index (χ4v) is 4.19. The number of hydrogen-bond donors (Lipinski definition) is 0. The zero-order valence-electron chi connectivity index (χ0n) is 20.5. The van der Waals surface area contributed by atoms with Gasteiger partial charge in [0, 0.05) is 31.5 Å². The first-order valence-corrected chi connectivity index (χ1v) is 11.1. The molecule has 3 aromatic carbocycles. The van der Waals surface area contributed by atoms with Gasteiger partial charge in [0.1, 0.15) is 29.8 Å². The van der Waals surface area contributed by atoms with E-state index in [1.54, 1.807) is 61.6 Å². The van der Waals surface area contributed by atoms with Gasteiger partial charge in [-0.2, -0.15) is 0 Å². The van der Waals surface area contributed by atoms with Crippen LogP contribution in [0.2, 0.25) is 0 Å². The van der Waals surface area contributed by atoms with Crippen LogP contribution in [-0.4, -0.2) is 53.8 Å². The summed E-state index contributed by atoms with van der Waals surface area (Å²) in [7, 11) is 8.56. The second-order valence-electron chi connectivity index (χ2n) is 8.31. The molecule has 182 valence electrons. The van der Waals surface area contributed by atoms with Crippen molar-refractivity contribution in [3.63, 3.8) is 0 Å². The Morgan fingerprint density at radius 3 is 2.00 bits per heavy atom. The molecule has 0 spiro atoms. The van der Waals surface area contributed by atoms with E-state index in [-0.39, 0.29) is 18.4 Å². The fourth-order valence-electron chi connectivity index (χ4n) is 4.19. The highest BCUT2D eigenvalue weighted by atomic mass is 16.5. The second-order valence-corrected chi connectivity index (χ2v) is 8.31. The highest BCUT2D eigenvalue weighted by Gasteiger charge is 2.42. The summed E-state index contributed by atoms with van der Waals surface area (Å²) in [5, 5.41) is 0. The number of amides is 2. The number of carbonyl (C=O) groups is 2. The number of rotatable bonds is 7. The fraction of sp³-hybridized carbons (Fsp3) is 0.259. The number of ether oxygens (including phenoxy) is 3. The van der Waals surface area contributed by atoms with Crippen molar-refractivity contribution in [1.29, 1.82) is 0 Å². The Morgan fingerprint density at radius 2 is 1.43 bits per heavy atom. The molecule has 35 heavy (non-hydrogen) atoms. The van der Waals surface area contributed by atoms with Crippen LogP contribution in [0.15, 0.2) is 66.7 Å². The molecule has 3 aromatic rings. The minimum absolute atomic E-state index is 0.138. The van der Waals surface area contributed by atoms with Gasteiger partial charge in [0.05, 0.1) is 27.0 Å². The summed E-state index contributed by atoms with van der Waals surface area (Å²) in [4.78, 5) is 32.7. The van der Waals surface area contributed by atoms with Gasteiger partial charge >= 0.3 is 0 Å². The Morgan fingerprint density at radius 1 is 0.800 bits per heavy atom. The maximum atomic E-state index is 14.1. The first kappa shape index (κ1) is 23.9. The van der Waals surface area contributed by atoms with E-state index >= 15 is 0 Å². The van der Waals surface area contributed by atoms with Gasteiger partial charge in [-0.3, -0.25) is 19.4 Å². The Kier molecular flexibility index (Phi) is 6.82.